The maximum atomic E-state index is 12.7. The third kappa shape index (κ3) is 3.71. The Hall–Kier alpha value is -3.49. The first kappa shape index (κ1) is 18.3. The summed E-state index contributed by atoms with van der Waals surface area (Å²) in [6, 6.07) is 6.78. The molecule has 0 atom stereocenters. The second-order valence-electron chi connectivity index (χ2n) is 5.48. The molecule has 9 heteroatoms. The van der Waals surface area contributed by atoms with E-state index in [1.54, 1.807) is 18.3 Å². The zero-order valence-corrected chi connectivity index (χ0v) is 14.0. The zero-order chi connectivity index (χ0) is 19.6. The highest BCUT2D eigenvalue weighted by molar-refractivity contribution is 5.99. The van der Waals surface area contributed by atoms with Gasteiger partial charge in [-0.2, -0.15) is 13.2 Å². The van der Waals surface area contributed by atoms with E-state index < -0.39 is 17.8 Å². The number of alkyl halides is 3. The van der Waals surface area contributed by atoms with Crippen molar-refractivity contribution in [2.24, 2.45) is 0 Å². The lowest BCUT2D eigenvalue weighted by molar-refractivity contribution is -0.141. The van der Waals surface area contributed by atoms with Crippen molar-refractivity contribution in [2.45, 2.75) is 6.18 Å². The lowest BCUT2D eigenvalue weighted by atomic mass is 10.0. The number of nitrogens with zero attached hydrogens (tertiary/aromatic N) is 3. The molecule has 0 unspecified atom stereocenters. The first-order valence-corrected chi connectivity index (χ1v) is 7.64. The molecule has 3 heterocycles. The van der Waals surface area contributed by atoms with Gasteiger partial charge in [0.05, 0.1) is 29.7 Å². The summed E-state index contributed by atoms with van der Waals surface area (Å²) in [7, 11) is 1.20. The highest BCUT2D eigenvalue weighted by Crippen LogP contribution is 2.32. The number of carbonyl (C=O) groups is 1. The summed E-state index contributed by atoms with van der Waals surface area (Å²) in [4.78, 5) is 23.9. The number of methoxy groups -OCH3 is 1. The average Bonchev–Trinajstić information content (AvgIpc) is 2.67. The first-order valence-electron chi connectivity index (χ1n) is 7.64. The van der Waals surface area contributed by atoms with Crippen molar-refractivity contribution < 1.29 is 22.7 Å². The molecule has 138 valence electrons. The van der Waals surface area contributed by atoms with Gasteiger partial charge in [-0.3, -0.25) is 9.97 Å². The molecule has 3 rings (SSSR count). The average molecular weight is 374 g/mol. The van der Waals surface area contributed by atoms with Gasteiger partial charge in [-0.15, -0.1) is 0 Å². The number of anilines is 1. The Balaban J connectivity index is 2.17. The molecular weight excluding hydrogens is 361 g/mol. The fraction of sp³-hybridized carbons (Fsp3) is 0.111. The Morgan fingerprint density at radius 1 is 1.15 bits per heavy atom. The van der Waals surface area contributed by atoms with Gasteiger partial charge in [0.1, 0.15) is 5.69 Å². The predicted molar refractivity (Wildman–Crippen MR) is 91.5 cm³/mol. The van der Waals surface area contributed by atoms with E-state index in [1.807, 2.05) is 0 Å². The number of nitrogens with two attached hydrogens (primary N) is 1. The van der Waals surface area contributed by atoms with Crippen molar-refractivity contribution in [1.82, 2.24) is 15.0 Å². The number of hydrogen-bond donors (Lipinski definition) is 1. The molecule has 0 aliphatic heterocycles. The van der Waals surface area contributed by atoms with Crippen molar-refractivity contribution in [2.75, 3.05) is 12.8 Å². The van der Waals surface area contributed by atoms with E-state index in [4.69, 9.17) is 10.5 Å². The fourth-order valence-electron chi connectivity index (χ4n) is 2.42. The van der Waals surface area contributed by atoms with Gasteiger partial charge in [0.2, 0.25) is 0 Å². The largest absolute Gasteiger partial charge is 0.465 e. The van der Waals surface area contributed by atoms with E-state index in [9.17, 15) is 18.0 Å². The minimum atomic E-state index is -4.55. The quantitative estimate of drug-likeness (QED) is 0.705. The Morgan fingerprint density at radius 2 is 1.93 bits per heavy atom. The summed E-state index contributed by atoms with van der Waals surface area (Å²) < 4.78 is 42.9. The molecule has 3 aromatic rings. The van der Waals surface area contributed by atoms with Crippen molar-refractivity contribution in [3.05, 3.63) is 60.2 Å². The van der Waals surface area contributed by atoms with Crippen LogP contribution in [-0.2, 0) is 10.9 Å². The highest BCUT2D eigenvalue weighted by atomic mass is 19.4. The van der Waals surface area contributed by atoms with Crippen LogP contribution in [0.25, 0.3) is 22.5 Å². The van der Waals surface area contributed by atoms with Gasteiger partial charge >= 0.3 is 12.1 Å². The summed E-state index contributed by atoms with van der Waals surface area (Å²) in [5.74, 6) is -0.693. The number of nitrogen functional groups attached to an aromatic ring is 1. The lowest BCUT2D eigenvalue weighted by Gasteiger charge is -2.13. The van der Waals surface area contributed by atoms with Crippen LogP contribution in [0.1, 0.15) is 16.1 Å². The molecule has 6 nitrogen and oxygen atoms in total. The van der Waals surface area contributed by atoms with Crippen molar-refractivity contribution >= 4 is 11.7 Å². The second-order valence-corrected chi connectivity index (χ2v) is 5.48. The number of ether oxygens (including phenoxy) is 1. The summed E-state index contributed by atoms with van der Waals surface area (Å²) in [5, 5.41) is 0. The maximum absolute atomic E-state index is 12.7. The van der Waals surface area contributed by atoms with Crippen LogP contribution < -0.4 is 5.73 Å². The Morgan fingerprint density at radius 3 is 2.48 bits per heavy atom. The van der Waals surface area contributed by atoms with Gasteiger partial charge in [0.25, 0.3) is 0 Å². The molecule has 0 spiro atoms. The number of aromatic nitrogens is 3. The molecule has 27 heavy (non-hydrogen) atoms. The molecule has 0 saturated heterocycles. The number of esters is 1. The molecular formula is C18H13F3N4O2. The maximum Gasteiger partial charge on any atom is 0.433 e. The predicted octanol–water partition coefficient (Wildman–Crippen LogP) is 3.59. The van der Waals surface area contributed by atoms with E-state index in [1.165, 1.54) is 25.4 Å². The van der Waals surface area contributed by atoms with E-state index in [2.05, 4.69) is 15.0 Å². The fourth-order valence-corrected chi connectivity index (χ4v) is 2.42. The van der Waals surface area contributed by atoms with Crippen LogP contribution in [-0.4, -0.2) is 28.0 Å². The van der Waals surface area contributed by atoms with Crippen LogP contribution in [0.3, 0.4) is 0 Å². The van der Waals surface area contributed by atoms with Crippen molar-refractivity contribution in [3.63, 3.8) is 0 Å². The second kappa shape index (κ2) is 7.02. The van der Waals surface area contributed by atoms with Crippen LogP contribution in [0.15, 0.2) is 48.9 Å². The number of carbonyl (C=O) groups excluding carboxylic acids is 1. The number of pyridine rings is 3. The van der Waals surface area contributed by atoms with Crippen LogP contribution in [0.4, 0.5) is 18.9 Å². The summed E-state index contributed by atoms with van der Waals surface area (Å²) >= 11 is 0. The summed E-state index contributed by atoms with van der Waals surface area (Å²) in [6.45, 7) is 0. The van der Waals surface area contributed by atoms with Crippen LogP contribution >= 0.6 is 0 Å². The van der Waals surface area contributed by atoms with Gasteiger partial charge in [0, 0.05) is 29.7 Å². The monoisotopic (exact) mass is 374 g/mol. The molecule has 2 N–H and O–H groups in total. The van der Waals surface area contributed by atoms with E-state index in [0.717, 1.165) is 12.3 Å². The topological polar surface area (TPSA) is 91.0 Å². The van der Waals surface area contributed by atoms with Gasteiger partial charge < -0.3 is 10.5 Å². The molecule has 0 aromatic carbocycles. The SMILES string of the molecule is COC(=O)c1cc(-c2ccc(C(F)(F)F)nc2)nc(-c2cccnc2)c1N. The van der Waals surface area contributed by atoms with Gasteiger partial charge in [-0.25, -0.2) is 9.78 Å². The Bertz CT molecular complexity index is 974. The molecule has 0 aliphatic rings. The minimum absolute atomic E-state index is 0.0428. The van der Waals surface area contributed by atoms with E-state index in [-0.39, 0.29) is 22.6 Å². The highest BCUT2D eigenvalue weighted by Gasteiger charge is 2.32. The van der Waals surface area contributed by atoms with Crippen molar-refractivity contribution in [1.29, 1.82) is 0 Å². The summed E-state index contributed by atoms with van der Waals surface area (Å²) in [6.07, 6.45) is -0.445. The molecule has 3 aromatic heterocycles. The molecule has 0 saturated carbocycles. The van der Waals surface area contributed by atoms with Gasteiger partial charge in [-0.1, -0.05) is 0 Å². The number of halogens is 3. The van der Waals surface area contributed by atoms with Crippen LogP contribution in [0.5, 0.6) is 0 Å². The zero-order valence-electron chi connectivity index (χ0n) is 14.0. The van der Waals surface area contributed by atoms with E-state index >= 15 is 0 Å². The Kier molecular flexibility index (Phi) is 4.76. The lowest BCUT2D eigenvalue weighted by Crippen LogP contribution is -2.10. The molecule has 0 fully saturated rings. The number of hydrogen-bond acceptors (Lipinski definition) is 6. The van der Waals surface area contributed by atoms with Gasteiger partial charge in [-0.05, 0) is 30.3 Å². The molecule has 0 radical (unpaired) electrons. The smallest absolute Gasteiger partial charge is 0.433 e. The normalized spacial score (nSPS) is 11.3. The Labute approximate surface area is 151 Å². The standard InChI is InChI=1S/C18H13F3N4O2/c1-27-17(26)12-7-13(10-4-5-14(24-9-10)18(19,20)21)25-16(15(12)22)11-3-2-6-23-8-11/h2-9H,22H2,1H3. The first-order chi connectivity index (χ1) is 12.8. The molecule has 0 amide bonds. The molecule has 0 aliphatic carbocycles. The third-order valence-corrected chi connectivity index (χ3v) is 3.75. The van der Waals surface area contributed by atoms with Gasteiger partial charge in [0.15, 0.2) is 0 Å². The van der Waals surface area contributed by atoms with E-state index in [0.29, 0.717) is 11.1 Å². The van der Waals surface area contributed by atoms with Crippen LogP contribution in [0, 0.1) is 0 Å². The third-order valence-electron chi connectivity index (χ3n) is 3.75. The van der Waals surface area contributed by atoms with Crippen LogP contribution in [0.2, 0.25) is 0 Å². The number of rotatable bonds is 3. The summed E-state index contributed by atoms with van der Waals surface area (Å²) in [5.41, 5.74) is 6.49. The van der Waals surface area contributed by atoms with Crippen molar-refractivity contribution in [3.8, 4) is 22.5 Å². The minimum Gasteiger partial charge on any atom is -0.465 e. The molecule has 0 bridgehead atoms.